The van der Waals surface area contributed by atoms with Gasteiger partial charge in [0.05, 0.1) is 12.8 Å². The van der Waals surface area contributed by atoms with Crippen molar-refractivity contribution in [2.75, 3.05) is 26.5 Å². The number of pyridine rings is 1. The van der Waals surface area contributed by atoms with Crippen LogP contribution in [0.3, 0.4) is 0 Å². The van der Waals surface area contributed by atoms with Gasteiger partial charge in [0.2, 0.25) is 5.88 Å². The van der Waals surface area contributed by atoms with Crippen LogP contribution < -0.4 is 23.7 Å². The Kier molecular flexibility index (Phi) is 7.92. The first-order valence-electron chi connectivity index (χ1n) is 11.1. The molecule has 1 aliphatic heterocycles. The van der Waals surface area contributed by atoms with E-state index >= 15 is 0 Å². The molecule has 1 N–H and O–H groups in total. The molecule has 3 aromatic rings. The van der Waals surface area contributed by atoms with E-state index in [0.717, 1.165) is 34.6 Å². The average molecular weight is 481 g/mol. The second kappa shape index (κ2) is 11.3. The first-order valence-corrected chi connectivity index (χ1v) is 12.1. The molecule has 0 bridgehead atoms. The topological polar surface area (TPSA) is 78.9 Å². The smallest absolute Gasteiger partial charge is 0.213 e. The van der Waals surface area contributed by atoms with E-state index in [0.29, 0.717) is 36.2 Å². The highest BCUT2D eigenvalue weighted by molar-refractivity contribution is 7.97. The summed E-state index contributed by atoms with van der Waals surface area (Å²) >= 11 is 1.60. The number of aromatic nitrogens is 1. The quantitative estimate of drug-likeness (QED) is 0.295. The lowest BCUT2D eigenvalue weighted by atomic mass is 9.98. The van der Waals surface area contributed by atoms with Gasteiger partial charge >= 0.3 is 0 Å². The minimum atomic E-state index is -0.245. The normalized spacial score (nSPS) is 15.2. The number of hydrogen-bond acceptors (Lipinski definition) is 8. The van der Waals surface area contributed by atoms with Crippen LogP contribution in [0, 0.1) is 6.92 Å². The molecule has 4 rings (SSSR count). The number of fused-ring (bicyclic) bond motifs is 1. The van der Waals surface area contributed by atoms with E-state index in [4.69, 9.17) is 18.9 Å². The fourth-order valence-electron chi connectivity index (χ4n) is 3.82. The Morgan fingerprint density at radius 3 is 2.71 bits per heavy atom. The second-order valence-corrected chi connectivity index (χ2v) is 8.84. The van der Waals surface area contributed by atoms with Gasteiger partial charge in [0.15, 0.2) is 17.6 Å². The molecule has 0 spiro atoms. The molecule has 0 aliphatic carbocycles. The van der Waals surface area contributed by atoms with Crippen LogP contribution in [0.1, 0.15) is 35.3 Å². The minimum absolute atomic E-state index is 0.162. The van der Waals surface area contributed by atoms with E-state index < -0.39 is 0 Å². The monoisotopic (exact) mass is 480 g/mol. The van der Waals surface area contributed by atoms with Crippen molar-refractivity contribution < 1.29 is 23.7 Å². The van der Waals surface area contributed by atoms with Gasteiger partial charge < -0.3 is 23.7 Å². The molecule has 2 heterocycles. The van der Waals surface area contributed by atoms with Crippen molar-refractivity contribution in [2.45, 2.75) is 25.4 Å². The Bertz CT molecular complexity index is 1120. The average Bonchev–Trinajstić information content (AvgIpc) is 3.27. The van der Waals surface area contributed by atoms with E-state index in [9.17, 15) is 4.79 Å². The van der Waals surface area contributed by atoms with Gasteiger partial charge in [-0.1, -0.05) is 36.2 Å². The van der Waals surface area contributed by atoms with Gasteiger partial charge in [-0.3, -0.25) is 4.72 Å². The highest BCUT2D eigenvalue weighted by atomic mass is 32.2. The van der Waals surface area contributed by atoms with Gasteiger partial charge in [-0.05, 0) is 43.8 Å². The number of aldehydes is 1. The molecular formula is C26H28N2O5S. The maximum Gasteiger partial charge on any atom is 0.213 e. The van der Waals surface area contributed by atoms with Crippen molar-refractivity contribution in [1.82, 2.24) is 9.71 Å². The highest BCUT2D eigenvalue weighted by Crippen LogP contribution is 2.44. The fourth-order valence-corrected chi connectivity index (χ4v) is 4.51. The van der Waals surface area contributed by atoms with E-state index in [1.54, 1.807) is 25.1 Å². The number of aryl methyl sites for hydroxylation is 1. The maximum atomic E-state index is 11.1. The summed E-state index contributed by atoms with van der Waals surface area (Å²) in [5, 5.41) is 0. The van der Waals surface area contributed by atoms with Gasteiger partial charge in [-0.25, -0.2) is 4.98 Å². The number of rotatable bonds is 11. The SMILES string of the molecule is CNSCC(CC=O)c1ccc(OC2COc3c(Oc4ccc(OC)nc4C)cccc32)cc1. The zero-order valence-electron chi connectivity index (χ0n) is 19.4. The third-order valence-electron chi connectivity index (χ3n) is 5.62. The summed E-state index contributed by atoms with van der Waals surface area (Å²) in [6.07, 6.45) is 1.22. The third kappa shape index (κ3) is 5.46. The van der Waals surface area contributed by atoms with E-state index in [1.807, 2.05) is 62.5 Å². The van der Waals surface area contributed by atoms with Crippen LogP contribution in [0.15, 0.2) is 54.6 Å². The molecule has 1 aromatic heterocycles. The summed E-state index contributed by atoms with van der Waals surface area (Å²) in [7, 11) is 3.47. The number of nitrogens with one attached hydrogen (secondary N) is 1. The minimum Gasteiger partial charge on any atom is -0.485 e. The molecule has 0 fully saturated rings. The molecule has 34 heavy (non-hydrogen) atoms. The number of carbonyl (C=O) groups excluding carboxylic acids is 1. The molecule has 1 aliphatic rings. The van der Waals surface area contributed by atoms with Gasteiger partial charge in [-0.2, -0.15) is 0 Å². The summed E-state index contributed by atoms with van der Waals surface area (Å²) < 4.78 is 26.6. The van der Waals surface area contributed by atoms with Crippen LogP contribution in [0.5, 0.6) is 28.9 Å². The molecule has 0 radical (unpaired) electrons. The number of nitrogens with zero attached hydrogens (tertiary/aromatic N) is 1. The number of ether oxygens (including phenoxy) is 4. The number of para-hydroxylation sites is 1. The Labute approximate surface area is 203 Å². The fraction of sp³-hybridized carbons (Fsp3) is 0.308. The Hall–Kier alpha value is -3.23. The zero-order valence-corrected chi connectivity index (χ0v) is 20.3. The van der Waals surface area contributed by atoms with Crippen molar-refractivity contribution in [3.63, 3.8) is 0 Å². The lowest BCUT2D eigenvalue weighted by molar-refractivity contribution is -0.108. The van der Waals surface area contributed by atoms with Crippen LogP contribution in [0.4, 0.5) is 0 Å². The maximum absolute atomic E-state index is 11.1. The standard InChI is InChI=1S/C26H28N2O5S/c1-17-22(11-12-25(28-17)30-3)33-23-6-4-5-21-24(15-31-26(21)23)32-20-9-7-18(8-10-20)19(13-14-29)16-34-27-2/h4-12,14,19,24,27H,13,15-16H2,1-3H3. The van der Waals surface area contributed by atoms with Gasteiger partial charge in [0, 0.05) is 29.7 Å². The summed E-state index contributed by atoms with van der Waals surface area (Å²) in [5.74, 6) is 4.21. The first kappa shape index (κ1) is 23.9. The van der Waals surface area contributed by atoms with Crippen molar-refractivity contribution in [2.24, 2.45) is 0 Å². The first-order chi connectivity index (χ1) is 16.6. The predicted octanol–water partition coefficient (Wildman–Crippen LogP) is 5.24. The molecule has 7 nitrogen and oxygen atoms in total. The van der Waals surface area contributed by atoms with Crippen molar-refractivity contribution in [3.8, 4) is 28.9 Å². The summed E-state index contributed by atoms with van der Waals surface area (Å²) in [6.45, 7) is 2.26. The number of methoxy groups -OCH3 is 1. The van der Waals surface area contributed by atoms with Crippen LogP contribution in [0.25, 0.3) is 0 Å². The van der Waals surface area contributed by atoms with Crippen LogP contribution in [-0.2, 0) is 4.79 Å². The summed E-state index contributed by atoms with van der Waals surface area (Å²) in [4.78, 5) is 15.4. The molecule has 0 saturated carbocycles. The van der Waals surface area contributed by atoms with Crippen LogP contribution in [-0.4, -0.2) is 37.8 Å². The molecule has 0 saturated heterocycles. The molecule has 178 valence electrons. The largest absolute Gasteiger partial charge is 0.485 e. The number of hydrogen-bond donors (Lipinski definition) is 1. The lowest BCUT2D eigenvalue weighted by Crippen LogP contribution is -2.09. The molecule has 0 amide bonds. The second-order valence-electron chi connectivity index (χ2n) is 7.81. The Morgan fingerprint density at radius 2 is 2.00 bits per heavy atom. The van der Waals surface area contributed by atoms with Crippen LogP contribution >= 0.6 is 11.9 Å². The number of carbonyl (C=O) groups is 1. The van der Waals surface area contributed by atoms with E-state index in [2.05, 4.69) is 9.71 Å². The molecule has 2 unspecified atom stereocenters. The van der Waals surface area contributed by atoms with E-state index in [-0.39, 0.29) is 12.0 Å². The van der Waals surface area contributed by atoms with Gasteiger partial charge in [0.25, 0.3) is 0 Å². The van der Waals surface area contributed by atoms with Crippen LogP contribution in [0.2, 0.25) is 0 Å². The Morgan fingerprint density at radius 1 is 1.18 bits per heavy atom. The molecule has 2 atom stereocenters. The molecule has 2 aromatic carbocycles. The van der Waals surface area contributed by atoms with Crippen molar-refractivity contribution in [1.29, 1.82) is 0 Å². The summed E-state index contributed by atoms with van der Waals surface area (Å²) in [6, 6.07) is 17.3. The lowest BCUT2D eigenvalue weighted by Gasteiger charge is -2.16. The summed E-state index contributed by atoms with van der Waals surface area (Å²) in [5.41, 5.74) is 2.78. The van der Waals surface area contributed by atoms with Crippen molar-refractivity contribution >= 4 is 18.2 Å². The predicted molar refractivity (Wildman–Crippen MR) is 132 cm³/mol. The van der Waals surface area contributed by atoms with Crippen molar-refractivity contribution in [3.05, 3.63) is 71.4 Å². The third-order valence-corrected chi connectivity index (χ3v) is 6.47. The molecule has 8 heteroatoms. The van der Waals surface area contributed by atoms with E-state index in [1.165, 1.54) is 0 Å². The van der Waals surface area contributed by atoms with Gasteiger partial charge in [0.1, 0.15) is 24.4 Å². The Balaban J connectivity index is 1.47. The zero-order chi connectivity index (χ0) is 23.9. The molecular weight excluding hydrogens is 452 g/mol. The number of benzene rings is 2. The van der Waals surface area contributed by atoms with Gasteiger partial charge in [-0.15, -0.1) is 0 Å². The highest BCUT2D eigenvalue weighted by Gasteiger charge is 2.29.